The molecular formula is C15H17N3O. The van der Waals surface area contributed by atoms with Crippen molar-refractivity contribution in [1.29, 1.82) is 0 Å². The van der Waals surface area contributed by atoms with Gasteiger partial charge in [-0.05, 0) is 18.4 Å². The van der Waals surface area contributed by atoms with Crippen molar-refractivity contribution < 1.29 is 4.74 Å². The van der Waals surface area contributed by atoms with E-state index in [0.717, 1.165) is 23.8 Å². The molecule has 1 saturated carbocycles. The van der Waals surface area contributed by atoms with Gasteiger partial charge in [0.25, 0.3) is 0 Å². The van der Waals surface area contributed by atoms with Crippen LogP contribution in [-0.4, -0.2) is 23.1 Å². The maximum absolute atomic E-state index is 5.23. The Morgan fingerprint density at radius 2 is 1.89 bits per heavy atom. The van der Waals surface area contributed by atoms with Crippen LogP contribution in [0.5, 0.6) is 5.88 Å². The maximum atomic E-state index is 5.23. The lowest BCUT2D eigenvalue weighted by molar-refractivity contribution is 0.398. The van der Waals surface area contributed by atoms with E-state index in [9.17, 15) is 0 Å². The first kappa shape index (κ1) is 12.1. The molecule has 0 atom stereocenters. The summed E-state index contributed by atoms with van der Waals surface area (Å²) in [5.74, 6) is 0.561. The molecule has 0 aliphatic heterocycles. The highest BCUT2D eigenvalue weighted by atomic mass is 16.5. The minimum absolute atomic E-state index is 0.561. The third kappa shape index (κ3) is 2.90. The summed E-state index contributed by atoms with van der Waals surface area (Å²) in [6, 6.07) is 9.12. The first-order valence-corrected chi connectivity index (χ1v) is 6.54. The Hall–Kier alpha value is -1.94. The van der Waals surface area contributed by atoms with Gasteiger partial charge in [-0.3, -0.25) is 0 Å². The fourth-order valence-electron chi connectivity index (χ4n) is 2.00. The van der Waals surface area contributed by atoms with Crippen molar-refractivity contribution in [3.63, 3.8) is 0 Å². The van der Waals surface area contributed by atoms with Gasteiger partial charge in [-0.15, -0.1) is 0 Å². The highest BCUT2D eigenvalue weighted by molar-refractivity contribution is 5.64. The number of aromatic nitrogens is 2. The minimum atomic E-state index is 0.561. The van der Waals surface area contributed by atoms with E-state index in [1.54, 1.807) is 19.5 Å². The number of rotatable bonds is 5. The second-order valence-corrected chi connectivity index (χ2v) is 4.77. The van der Waals surface area contributed by atoms with Crippen molar-refractivity contribution in [3.8, 4) is 17.1 Å². The first-order valence-electron chi connectivity index (χ1n) is 6.54. The fraction of sp³-hybridized carbons (Fsp3) is 0.333. The Labute approximate surface area is 112 Å². The average molecular weight is 255 g/mol. The number of nitrogens with one attached hydrogen (secondary N) is 1. The molecule has 1 aromatic heterocycles. The molecule has 0 bridgehead atoms. The van der Waals surface area contributed by atoms with E-state index in [-0.39, 0.29) is 0 Å². The van der Waals surface area contributed by atoms with Crippen molar-refractivity contribution in [3.05, 3.63) is 42.2 Å². The van der Waals surface area contributed by atoms with Crippen LogP contribution >= 0.6 is 0 Å². The molecule has 2 aromatic rings. The molecule has 1 fully saturated rings. The zero-order valence-corrected chi connectivity index (χ0v) is 11.0. The van der Waals surface area contributed by atoms with Crippen molar-refractivity contribution in [2.75, 3.05) is 7.11 Å². The highest BCUT2D eigenvalue weighted by Gasteiger charge is 2.19. The fourth-order valence-corrected chi connectivity index (χ4v) is 2.00. The monoisotopic (exact) mass is 255 g/mol. The van der Waals surface area contributed by atoms with E-state index in [2.05, 4.69) is 39.6 Å². The summed E-state index contributed by atoms with van der Waals surface area (Å²) in [4.78, 5) is 8.50. The van der Waals surface area contributed by atoms with Gasteiger partial charge in [0.2, 0.25) is 5.88 Å². The number of ether oxygens (including phenoxy) is 1. The smallest absolute Gasteiger partial charge is 0.240 e. The Morgan fingerprint density at radius 3 is 2.58 bits per heavy atom. The van der Waals surface area contributed by atoms with Gasteiger partial charge in [0.05, 0.1) is 7.11 Å². The normalized spacial score (nSPS) is 14.4. The Bertz CT molecular complexity index is 550. The van der Waals surface area contributed by atoms with Crippen molar-refractivity contribution in [1.82, 2.24) is 15.3 Å². The summed E-state index contributed by atoms with van der Waals surface area (Å²) >= 11 is 0. The van der Waals surface area contributed by atoms with Crippen LogP contribution in [-0.2, 0) is 6.54 Å². The van der Waals surface area contributed by atoms with Crippen molar-refractivity contribution >= 4 is 0 Å². The second kappa shape index (κ2) is 5.36. The molecule has 1 heterocycles. The van der Waals surface area contributed by atoms with Crippen LogP contribution in [0.3, 0.4) is 0 Å². The minimum Gasteiger partial charge on any atom is -0.479 e. The van der Waals surface area contributed by atoms with Gasteiger partial charge in [0, 0.05) is 30.5 Å². The highest BCUT2D eigenvalue weighted by Crippen LogP contribution is 2.25. The molecule has 1 aliphatic carbocycles. The molecule has 1 aromatic carbocycles. The SMILES string of the molecule is COc1nccnc1-c1ccc(CNC2CC2)cc1. The lowest BCUT2D eigenvalue weighted by Crippen LogP contribution is -2.15. The Balaban J connectivity index is 1.77. The topological polar surface area (TPSA) is 47.0 Å². The number of benzene rings is 1. The molecule has 0 radical (unpaired) electrons. The van der Waals surface area contributed by atoms with Crippen LogP contribution in [0.15, 0.2) is 36.7 Å². The average Bonchev–Trinajstić information content (AvgIpc) is 3.30. The van der Waals surface area contributed by atoms with Crippen LogP contribution in [0.2, 0.25) is 0 Å². The van der Waals surface area contributed by atoms with Gasteiger partial charge in [0.15, 0.2) is 0 Å². The summed E-state index contributed by atoms with van der Waals surface area (Å²) in [6.07, 6.45) is 5.94. The van der Waals surface area contributed by atoms with Crippen LogP contribution < -0.4 is 10.1 Å². The molecule has 0 saturated heterocycles. The molecular weight excluding hydrogens is 238 g/mol. The van der Waals surface area contributed by atoms with E-state index in [0.29, 0.717) is 5.88 Å². The van der Waals surface area contributed by atoms with Gasteiger partial charge >= 0.3 is 0 Å². The quantitative estimate of drug-likeness (QED) is 0.891. The predicted molar refractivity (Wildman–Crippen MR) is 73.9 cm³/mol. The van der Waals surface area contributed by atoms with E-state index in [1.807, 2.05) is 0 Å². The molecule has 1 aliphatic rings. The molecule has 4 nitrogen and oxygen atoms in total. The third-order valence-corrected chi connectivity index (χ3v) is 3.26. The van der Waals surface area contributed by atoms with Gasteiger partial charge in [-0.1, -0.05) is 24.3 Å². The molecule has 3 rings (SSSR count). The molecule has 1 N–H and O–H groups in total. The van der Waals surface area contributed by atoms with E-state index < -0.39 is 0 Å². The van der Waals surface area contributed by atoms with Crippen LogP contribution in [0.25, 0.3) is 11.3 Å². The second-order valence-electron chi connectivity index (χ2n) is 4.77. The standard InChI is InChI=1S/C15H17N3O/c1-19-15-14(16-8-9-17-15)12-4-2-11(3-5-12)10-18-13-6-7-13/h2-5,8-9,13,18H,6-7,10H2,1H3. The Kier molecular flexibility index (Phi) is 3.42. The zero-order valence-electron chi connectivity index (χ0n) is 11.0. The molecule has 4 heteroatoms. The number of methoxy groups -OCH3 is 1. The van der Waals surface area contributed by atoms with Gasteiger partial charge < -0.3 is 10.1 Å². The zero-order chi connectivity index (χ0) is 13.1. The van der Waals surface area contributed by atoms with Gasteiger partial charge in [-0.25, -0.2) is 9.97 Å². The molecule has 0 spiro atoms. The summed E-state index contributed by atoms with van der Waals surface area (Å²) in [7, 11) is 1.61. The molecule has 0 amide bonds. The molecule has 19 heavy (non-hydrogen) atoms. The summed E-state index contributed by atoms with van der Waals surface area (Å²) in [5.41, 5.74) is 3.10. The number of hydrogen-bond donors (Lipinski definition) is 1. The van der Waals surface area contributed by atoms with E-state index in [4.69, 9.17) is 4.74 Å². The van der Waals surface area contributed by atoms with Gasteiger partial charge in [0.1, 0.15) is 5.69 Å². The van der Waals surface area contributed by atoms with E-state index in [1.165, 1.54) is 18.4 Å². The first-order chi connectivity index (χ1) is 9.36. The van der Waals surface area contributed by atoms with E-state index >= 15 is 0 Å². The summed E-state index contributed by atoms with van der Waals surface area (Å²) < 4.78 is 5.23. The number of hydrogen-bond acceptors (Lipinski definition) is 4. The summed E-state index contributed by atoms with van der Waals surface area (Å²) in [5, 5.41) is 3.50. The third-order valence-electron chi connectivity index (χ3n) is 3.26. The van der Waals surface area contributed by atoms with Crippen molar-refractivity contribution in [2.24, 2.45) is 0 Å². The maximum Gasteiger partial charge on any atom is 0.240 e. The van der Waals surface area contributed by atoms with Crippen molar-refractivity contribution in [2.45, 2.75) is 25.4 Å². The molecule has 0 unspecified atom stereocenters. The molecule has 98 valence electrons. The Morgan fingerprint density at radius 1 is 1.16 bits per heavy atom. The summed E-state index contributed by atoms with van der Waals surface area (Å²) in [6.45, 7) is 0.933. The van der Waals surface area contributed by atoms with Crippen LogP contribution in [0, 0.1) is 0 Å². The number of nitrogens with zero attached hydrogens (tertiary/aromatic N) is 2. The lowest BCUT2D eigenvalue weighted by atomic mass is 10.1. The van der Waals surface area contributed by atoms with Gasteiger partial charge in [-0.2, -0.15) is 0 Å². The predicted octanol–water partition coefficient (Wildman–Crippen LogP) is 2.40. The van der Waals surface area contributed by atoms with Crippen LogP contribution in [0.1, 0.15) is 18.4 Å². The lowest BCUT2D eigenvalue weighted by Gasteiger charge is -2.07. The van der Waals surface area contributed by atoms with Crippen LogP contribution in [0.4, 0.5) is 0 Å². The largest absolute Gasteiger partial charge is 0.479 e.